The zero-order valence-electron chi connectivity index (χ0n) is 13.3. The number of anilines is 1. The van der Waals surface area contributed by atoms with Crippen molar-refractivity contribution in [1.29, 1.82) is 5.26 Å². The topological polar surface area (TPSA) is 39.1 Å². The van der Waals surface area contributed by atoms with Gasteiger partial charge < -0.3 is 10.2 Å². The highest BCUT2D eigenvalue weighted by Crippen LogP contribution is 2.31. The summed E-state index contributed by atoms with van der Waals surface area (Å²) in [7, 11) is 0. The molecule has 130 valence electrons. The van der Waals surface area contributed by atoms with E-state index < -0.39 is 11.7 Å². The van der Waals surface area contributed by atoms with Crippen LogP contribution in [0.15, 0.2) is 54.6 Å². The van der Waals surface area contributed by atoms with Gasteiger partial charge >= 0.3 is 6.18 Å². The van der Waals surface area contributed by atoms with Crippen molar-refractivity contribution in [3.8, 4) is 6.07 Å². The number of alkyl halides is 3. The lowest BCUT2D eigenvalue weighted by molar-refractivity contribution is -0.137. The molecule has 0 saturated heterocycles. The number of nitrogens with one attached hydrogen (secondary N) is 1. The molecule has 0 aliphatic rings. The SMILES string of the molecule is N#CCCN(C(=S)NCc1ccccc1)c1cccc(C(F)(F)F)c1. The van der Waals surface area contributed by atoms with Crippen LogP contribution in [0, 0.1) is 11.3 Å². The Bertz CT molecular complexity index is 754. The van der Waals surface area contributed by atoms with E-state index in [-0.39, 0.29) is 18.1 Å². The highest BCUT2D eigenvalue weighted by molar-refractivity contribution is 7.80. The zero-order valence-corrected chi connectivity index (χ0v) is 14.1. The van der Waals surface area contributed by atoms with Crippen molar-refractivity contribution >= 4 is 23.0 Å². The van der Waals surface area contributed by atoms with E-state index in [9.17, 15) is 13.2 Å². The molecule has 0 fully saturated rings. The van der Waals surface area contributed by atoms with E-state index >= 15 is 0 Å². The van der Waals surface area contributed by atoms with Gasteiger partial charge in [0, 0.05) is 18.8 Å². The summed E-state index contributed by atoms with van der Waals surface area (Å²) in [6.45, 7) is 0.653. The number of hydrogen-bond acceptors (Lipinski definition) is 2. The van der Waals surface area contributed by atoms with Crippen LogP contribution in [0.2, 0.25) is 0 Å². The van der Waals surface area contributed by atoms with Crippen molar-refractivity contribution in [2.45, 2.75) is 19.1 Å². The lowest BCUT2D eigenvalue weighted by Crippen LogP contribution is -2.40. The Balaban J connectivity index is 2.18. The summed E-state index contributed by atoms with van der Waals surface area (Å²) < 4.78 is 38.8. The molecule has 2 aromatic carbocycles. The van der Waals surface area contributed by atoms with Gasteiger partial charge in [-0.1, -0.05) is 36.4 Å². The number of nitrogens with zero attached hydrogens (tertiary/aromatic N) is 2. The van der Waals surface area contributed by atoms with Gasteiger partial charge in [0.15, 0.2) is 5.11 Å². The molecule has 0 unspecified atom stereocenters. The second-order valence-corrected chi connectivity index (χ2v) is 5.64. The average Bonchev–Trinajstić information content (AvgIpc) is 2.61. The Morgan fingerprint density at radius 1 is 1.12 bits per heavy atom. The van der Waals surface area contributed by atoms with Crippen LogP contribution in [-0.4, -0.2) is 11.7 Å². The first-order valence-electron chi connectivity index (χ1n) is 7.55. The number of hydrogen-bond donors (Lipinski definition) is 1. The summed E-state index contributed by atoms with van der Waals surface area (Å²) in [5, 5.41) is 12.1. The van der Waals surface area contributed by atoms with Crippen LogP contribution < -0.4 is 10.2 Å². The molecule has 1 N–H and O–H groups in total. The first kappa shape index (κ1) is 18.7. The quantitative estimate of drug-likeness (QED) is 0.794. The summed E-state index contributed by atoms with van der Waals surface area (Å²) in [6, 6.07) is 16.4. The summed E-state index contributed by atoms with van der Waals surface area (Å²) in [6.07, 6.45) is -4.29. The summed E-state index contributed by atoms with van der Waals surface area (Å²) in [4.78, 5) is 1.51. The van der Waals surface area contributed by atoms with Crippen molar-refractivity contribution in [2.24, 2.45) is 0 Å². The minimum atomic E-state index is -4.43. The molecule has 0 heterocycles. The van der Waals surface area contributed by atoms with Gasteiger partial charge in [-0.3, -0.25) is 0 Å². The smallest absolute Gasteiger partial charge is 0.358 e. The molecule has 0 aromatic heterocycles. The third kappa shape index (κ3) is 5.47. The van der Waals surface area contributed by atoms with Gasteiger partial charge in [0.25, 0.3) is 0 Å². The van der Waals surface area contributed by atoms with Crippen molar-refractivity contribution in [3.63, 3.8) is 0 Å². The van der Waals surface area contributed by atoms with E-state index in [0.717, 1.165) is 17.7 Å². The fraction of sp³-hybridized carbons (Fsp3) is 0.222. The summed E-state index contributed by atoms with van der Waals surface area (Å²) in [5.74, 6) is 0. The van der Waals surface area contributed by atoms with E-state index in [4.69, 9.17) is 17.5 Å². The number of benzene rings is 2. The van der Waals surface area contributed by atoms with E-state index in [2.05, 4.69) is 5.32 Å². The second kappa shape index (κ2) is 8.49. The molecule has 0 radical (unpaired) electrons. The van der Waals surface area contributed by atoms with Gasteiger partial charge in [-0.15, -0.1) is 0 Å². The third-order valence-electron chi connectivity index (χ3n) is 3.46. The molecule has 0 atom stereocenters. The number of thiocarbonyl (C=S) groups is 1. The lowest BCUT2D eigenvalue weighted by Gasteiger charge is -2.26. The highest BCUT2D eigenvalue weighted by Gasteiger charge is 2.31. The predicted octanol–water partition coefficient (Wildman–Crippen LogP) is 4.50. The van der Waals surface area contributed by atoms with E-state index in [1.165, 1.54) is 11.0 Å². The molecule has 3 nitrogen and oxygen atoms in total. The molecule has 2 rings (SSSR count). The molecule has 7 heteroatoms. The van der Waals surface area contributed by atoms with Gasteiger partial charge in [0.1, 0.15) is 0 Å². The molecule has 0 aliphatic carbocycles. The van der Waals surface area contributed by atoms with Crippen LogP contribution in [0.3, 0.4) is 0 Å². The fourth-order valence-electron chi connectivity index (χ4n) is 2.23. The standard InChI is InChI=1S/C18H16F3N3S/c19-18(20,21)15-8-4-9-16(12-15)24(11-5-10-22)17(25)23-13-14-6-2-1-3-7-14/h1-4,6-9,12H,5,11,13H2,(H,23,25). The van der Waals surface area contributed by atoms with Crippen LogP contribution in [0.25, 0.3) is 0 Å². The minimum absolute atomic E-state index is 0.142. The van der Waals surface area contributed by atoms with Crippen LogP contribution >= 0.6 is 12.2 Å². The second-order valence-electron chi connectivity index (χ2n) is 5.25. The predicted molar refractivity (Wildman–Crippen MR) is 94.9 cm³/mol. The normalized spacial score (nSPS) is 10.8. The number of nitriles is 1. The molecule has 0 spiro atoms. The van der Waals surface area contributed by atoms with Crippen LogP contribution in [0.5, 0.6) is 0 Å². The Morgan fingerprint density at radius 2 is 1.84 bits per heavy atom. The number of halogens is 3. The fourth-order valence-corrected chi connectivity index (χ4v) is 2.50. The van der Waals surface area contributed by atoms with Crippen molar-refractivity contribution < 1.29 is 13.2 Å². The van der Waals surface area contributed by atoms with Gasteiger partial charge in [-0.25, -0.2) is 0 Å². The van der Waals surface area contributed by atoms with E-state index in [1.807, 2.05) is 36.4 Å². The Morgan fingerprint density at radius 3 is 2.48 bits per heavy atom. The first-order valence-corrected chi connectivity index (χ1v) is 7.96. The van der Waals surface area contributed by atoms with Crippen LogP contribution in [-0.2, 0) is 12.7 Å². The van der Waals surface area contributed by atoms with Gasteiger partial charge in [-0.05, 0) is 36.0 Å². The Labute approximate surface area is 149 Å². The van der Waals surface area contributed by atoms with Crippen LogP contribution in [0.1, 0.15) is 17.5 Å². The summed E-state index contributed by atoms with van der Waals surface area (Å²) >= 11 is 5.33. The lowest BCUT2D eigenvalue weighted by atomic mass is 10.2. The Kier molecular flexibility index (Phi) is 6.37. The largest absolute Gasteiger partial charge is 0.416 e. The molecular formula is C18H16F3N3S. The third-order valence-corrected chi connectivity index (χ3v) is 3.83. The van der Waals surface area contributed by atoms with Crippen molar-refractivity contribution in [2.75, 3.05) is 11.4 Å². The summed E-state index contributed by atoms with van der Waals surface area (Å²) in [5.41, 5.74) is 0.544. The van der Waals surface area contributed by atoms with Crippen molar-refractivity contribution in [3.05, 3.63) is 65.7 Å². The zero-order chi connectivity index (χ0) is 18.3. The highest BCUT2D eigenvalue weighted by atomic mass is 32.1. The van der Waals surface area contributed by atoms with Crippen molar-refractivity contribution in [1.82, 2.24) is 5.32 Å². The van der Waals surface area contributed by atoms with Gasteiger partial charge in [0.05, 0.1) is 18.1 Å². The maximum absolute atomic E-state index is 12.9. The molecular weight excluding hydrogens is 347 g/mol. The molecule has 25 heavy (non-hydrogen) atoms. The van der Waals surface area contributed by atoms with Crippen LogP contribution in [0.4, 0.5) is 18.9 Å². The van der Waals surface area contributed by atoms with Gasteiger partial charge in [0.2, 0.25) is 0 Å². The molecule has 0 saturated carbocycles. The number of rotatable bonds is 5. The Hall–Kier alpha value is -2.59. The van der Waals surface area contributed by atoms with Gasteiger partial charge in [-0.2, -0.15) is 18.4 Å². The molecule has 2 aromatic rings. The first-order chi connectivity index (χ1) is 11.9. The minimum Gasteiger partial charge on any atom is -0.358 e. The molecule has 0 aliphatic heterocycles. The molecule has 0 bridgehead atoms. The van der Waals surface area contributed by atoms with E-state index in [1.54, 1.807) is 6.07 Å². The maximum atomic E-state index is 12.9. The van der Waals surface area contributed by atoms with E-state index in [0.29, 0.717) is 12.2 Å². The average molecular weight is 363 g/mol. The monoisotopic (exact) mass is 363 g/mol. The maximum Gasteiger partial charge on any atom is 0.416 e. The molecule has 0 amide bonds.